The highest BCUT2D eigenvalue weighted by Gasteiger charge is 2.35. The lowest BCUT2D eigenvalue weighted by molar-refractivity contribution is 0.0474. The molecule has 0 spiro atoms. The van der Waals surface area contributed by atoms with Crippen molar-refractivity contribution >= 4 is 12.4 Å². The van der Waals surface area contributed by atoms with E-state index in [4.69, 9.17) is 0 Å². The average Bonchev–Trinajstić information content (AvgIpc) is 2.57. The van der Waals surface area contributed by atoms with Crippen molar-refractivity contribution < 1.29 is 13.9 Å². The zero-order valence-electron chi connectivity index (χ0n) is 13.3. The number of rotatable bonds is 4. The first kappa shape index (κ1) is 18.8. The molecule has 130 valence electrons. The highest BCUT2D eigenvalue weighted by atomic mass is 35.5. The van der Waals surface area contributed by atoms with Gasteiger partial charge in [0.1, 0.15) is 17.2 Å². The topological polar surface area (TPSA) is 32.3 Å². The van der Waals surface area contributed by atoms with Gasteiger partial charge in [0, 0.05) is 0 Å². The summed E-state index contributed by atoms with van der Waals surface area (Å²) in [4.78, 5) is 0. The van der Waals surface area contributed by atoms with Crippen LogP contribution in [0.4, 0.5) is 8.78 Å². The van der Waals surface area contributed by atoms with Crippen molar-refractivity contribution in [3.63, 3.8) is 0 Å². The third kappa shape index (κ3) is 4.12. The number of nitrogens with one attached hydrogen (secondary N) is 1. The SMILES string of the molecule is Cl.OC(CC1CCCNC1)(c1ccc(F)cc1)c1ccc(F)cc1. The Morgan fingerprint density at radius 2 is 1.46 bits per heavy atom. The van der Waals surface area contributed by atoms with Crippen LogP contribution >= 0.6 is 12.4 Å². The molecule has 5 heteroatoms. The molecule has 1 aliphatic heterocycles. The second-order valence-electron chi connectivity index (χ2n) is 6.29. The first-order chi connectivity index (χ1) is 11.1. The van der Waals surface area contributed by atoms with Gasteiger partial charge in [0.2, 0.25) is 0 Å². The second kappa shape index (κ2) is 8.06. The summed E-state index contributed by atoms with van der Waals surface area (Å²) in [6.45, 7) is 1.85. The molecule has 0 saturated carbocycles. The number of piperidine rings is 1. The molecular weight excluding hydrogens is 332 g/mol. The predicted molar refractivity (Wildman–Crippen MR) is 93.3 cm³/mol. The minimum absolute atomic E-state index is 0. The average molecular weight is 354 g/mol. The standard InChI is InChI=1S/C19H21F2NO.ClH/c20-17-7-3-15(4-8-17)19(23,12-14-2-1-11-22-13-14)16-5-9-18(21)10-6-16;/h3-10,14,22-23H,1-2,11-13H2;1H. The summed E-state index contributed by atoms with van der Waals surface area (Å²) in [6, 6.07) is 11.8. The van der Waals surface area contributed by atoms with Gasteiger partial charge in [0.05, 0.1) is 0 Å². The lowest BCUT2D eigenvalue weighted by Gasteiger charge is -2.35. The van der Waals surface area contributed by atoms with Crippen molar-refractivity contribution in [1.29, 1.82) is 0 Å². The van der Waals surface area contributed by atoms with E-state index in [1.165, 1.54) is 24.3 Å². The zero-order valence-corrected chi connectivity index (χ0v) is 14.2. The molecule has 2 aromatic rings. The van der Waals surface area contributed by atoms with E-state index in [-0.39, 0.29) is 24.0 Å². The van der Waals surface area contributed by atoms with Crippen molar-refractivity contribution in [2.75, 3.05) is 13.1 Å². The fourth-order valence-electron chi connectivity index (χ4n) is 3.37. The molecule has 1 heterocycles. The van der Waals surface area contributed by atoms with Crippen LogP contribution < -0.4 is 5.32 Å². The molecule has 1 saturated heterocycles. The van der Waals surface area contributed by atoms with Gasteiger partial charge in [-0.1, -0.05) is 24.3 Å². The van der Waals surface area contributed by atoms with E-state index >= 15 is 0 Å². The first-order valence-electron chi connectivity index (χ1n) is 8.03. The normalized spacial score (nSPS) is 18.0. The van der Waals surface area contributed by atoms with Crippen LogP contribution in [0.2, 0.25) is 0 Å². The third-order valence-electron chi connectivity index (χ3n) is 4.63. The molecule has 1 unspecified atom stereocenters. The first-order valence-corrected chi connectivity index (χ1v) is 8.03. The smallest absolute Gasteiger partial charge is 0.123 e. The van der Waals surface area contributed by atoms with Gasteiger partial charge in [-0.25, -0.2) is 8.78 Å². The van der Waals surface area contributed by atoms with Gasteiger partial charge in [0.15, 0.2) is 0 Å². The molecule has 1 fully saturated rings. The summed E-state index contributed by atoms with van der Waals surface area (Å²) in [6.07, 6.45) is 2.64. The van der Waals surface area contributed by atoms with Gasteiger partial charge in [-0.15, -0.1) is 12.4 Å². The van der Waals surface area contributed by atoms with Crippen molar-refractivity contribution in [3.8, 4) is 0 Å². The summed E-state index contributed by atoms with van der Waals surface area (Å²) >= 11 is 0. The van der Waals surface area contributed by atoms with E-state index in [1.807, 2.05) is 0 Å². The van der Waals surface area contributed by atoms with Gasteiger partial charge < -0.3 is 10.4 Å². The maximum Gasteiger partial charge on any atom is 0.123 e. The largest absolute Gasteiger partial charge is 0.380 e. The maximum absolute atomic E-state index is 13.2. The molecule has 1 aliphatic rings. The minimum atomic E-state index is -1.24. The predicted octanol–water partition coefficient (Wildman–Crippen LogP) is 4.01. The van der Waals surface area contributed by atoms with Crippen LogP contribution in [0.25, 0.3) is 0 Å². The van der Waals surface area contributed by atoms with Gasteiger partial charge in [-0.05, 0) is 73.7 Å². The molecule has 0 radical (unpaired) electrons. The Hall–Kier alpha value is -1.49. The monoisotopic (exact) mass is 353 g/mol. The molecule has 0 bridgehead atoms. The maximum atomic E-state index is 13.2. The highest BCUT2D eigenvalue weighted by molar-refractivity contribution is 5.85. The lowest BCUT2D eigenvalue weighted by Crippen LogP contribution is -2.37. The summed E-state index contributed by atoms with van der Waals surface area (Å²) in [5.41, 5.74) is 0.0256. The van der Waals surface area contributed by atoms with Crippen LogP contribution in [0, 0.1) is 17.6 Å². The quantitative estimate of drug-likeness (QED) is 0.870. The Bertz CT molecular complexity index is 594. The highest BCUT2D eigenvalue weighted by Crippen LogP contribution is 2.37. The Balaban J connectivity index is 0.00000208. The Morgan fingerprint density at radius 3 is 1.88 bits per heavy atom. The second-order valence-corrected chi connectivity index (χ2v) is 6.29. The van der Waals surface area contributed by atoms with E-state index in [0.29, 0.717) is 23.5 Å². The molecular formula is C19H22ClF2NO. The molecule has 0 aromatic heterocycles. The molecule has 24 heavy (non-hydrogen) atoms. The zero-order chi connectivity index (χ0) is 16.3. The fraction of sp³-hybridized carbons (Fsp3) is 0.368. The molecule has 2 aromatic carbocycles. The van der Waals surface area contributed by atoms with Crippen molar-refractivity contribution in [2.24, 2.45) is 5.92 Å². The van der Waals surface area contributed by atoms with Crippen molar-refractivity contribution in [3.05, 3.63) is 71.3 Å². The van der Waals surface area contributed by atoms with Crippen LogP contribution in [-0.2, 0) is 5.60 Å². The molecule has 0 aliphatic carbocycles. The van der Waals surface area contributed by atoms with E-state index in [0.717, 1.165) is 25.9 Å². The fourth-order valence-corrected chi connectivity index (χ4v) is 3.37. The van der Waals surface area contributed by atoms with E-state index < -0.39 is 5.60 Å². The number of aliphatic hydroxyl groups is 1. The Labute approximate surface area is 147 Å². The van der Waals surface area contributed by atoms with Gasteiger partial charge >= 0.3 is 0 Å². The molecule has 0 amide bonds. The van der Waals surface area contributed by atoms with Crippen LogP contribution in [0.5, 0.6) is 0 Å². The molecule has 3 rings (SSSR count). The van der Waals surface area contributed by atoms with Crippen LogP contribution in [0.3, 0.4) is 0 Å². The van der Waals surface area contributed by atoms with Gasteiger partial charge in [-0.3, -0.25) is 0 Å². The molecule has 2 nitrogen and oxygen atoms in total. The van der Waals surface area contributed by atoms with Crippen molar-refractivity contribution in [2.45, 2.75) is 24.9 Å². The number of halogens is 3. The van der Waals surface area contributed by atoms with Crippen LogP contribution in [0.15, 0.2) is 48.5 Å². The number of hydrogen-bond acceptors (Lipinski definition) is 2. The Kier molecular flexibility index (Phi) is 6.33. The van der Waals surface area contributed by atoms with E-state index in [9.17, 15) is 13.9 Å². The summed E-state index contributed by atoms with van der Waals surface area (Å²) in [5.74, 6) is -0.354. The molecule has 2 N–H and O–H groups in total. The van der Waals surface area contributed by atoms with E-state index in [1.54, 1.807) is 24.3 Å². The number of hydrogen-bond donors (Lipinski definition) is 2. The summed E-state index contributed by atoms with van der Waals surface area (Å²) in [7, 11) is 0. The van der Waals surface area contributed by atoms with Gasteiger partial charge in [0.25, 0.3) is 0 Å². The summed E-state index contributed by atoms with van der Waals surface area (Å²) < 4.78 is 26.5. The van der Waals surface area contributed by atoms with Crippen molar-refractivity contribution in [1.82, 2.24) is 5.32 Å². The Morgan fingerprint density at radius 1 is 0.958 bits per heavy atom. The number of benzene rings is 2. The van der Waals surface area contributed by atoms with Gasteiger partial charge in [-0.2, -0.15) is 0 Å². The lowest BCUT2D eigenvalue weighted by atomic mass is 9.77. The van der Waals surface area contributed by atoms with Crippen LogP contribution in [-0.4, -0.2) is 18.2 Å². The molecule has 1 atom stereocenters. The summed E-state index contributed by atoms with van der Waals surface area (Å²) in [5, 5.41) is 14.8. The van der Waals surface area contributed by atoms with E-state index in [2.05, 4.69) is 5.32 Å². The van der Waals surface area contributed by atoms with Crippen LogP contribution in [0.1, 0.15) is 30.4 Å². The minimum Gasteiger partial charge on any atom is -0.380 e. The third-order valence-corrected chi connectivity index (χ3v) is 4.63.